The number of rotatable bonds is 11. The van der Waals surface area contributed by atoms with Gasteiger partial charge in [-0.1, -0.05) is 48.5 Å². The minimum atomic E-state index is -0.307. The van der Waals surface area contributed by atoms with Crippen LogP contribution in [0.1, 0.15) is 28.7 Å². The van der Waals surface area contributed by atoms with Crippen LogP contribution in [0.3, 0.4) is 0 Å². The minimum absolute atomic E-state index is 0.238. The van der Waals surface area contributed by atoms with Gasteiger partial charge in [-0.2, -0.15) is 0 Å². The molecule has 0 spiro atoms. The van der Waals surface area contributed by atoms with E-state index in [0.29, 0.717) is 35.8 Å². The topological polar surface area (TPSA) is 55.8 Å². The SMILES string of the molecule is C=CCc1cc(/C=C2/SC(=O)N(CCCc3ccccc3)C2=O)cc(OC)c1OCc1ccc(F)cc1. The summed E-state index contributed by atoms with van der Waals surface area (Å²) < 4.78 is 24.9. The Balaban J connectivity index is 1.50. The summed E-state index contributed by atoms with van der Waals surface area (Å²) >= 11 is 0.944. The van der Waals surface area contributed by atoms with Crippen LogP contribution in [0, 0.1) is 5.82 Å². The van der Waals surface area contributed by atoms with Crippen LogP contribution in [0.2, 0.25) is 0 Å². The lowest BCUT2D eigenvalue weighted by atomic mass is 10.0. The van der Waals surface area contributed by atoms with Crippen LogP contribution in [0.25, 0.3) is 6.08 Å². The maximum atomic E-state index is 13.2. The number of imide groups is 1. The Bertz CT molecular complexity index is 1310. The summed E-state index contributed by atoms with van der Waals surface area (Å²) in [6, 6.07) is 19.8. The van der Waals surface area contributed by atoms with Crippen LogP contribution in [0.4, 0.5) is 9.18 Å². The van der Waals surface area contributed by atoms with Crippen molar-refractivity contribution in [3.05, 3.63) is 112 Å². The standard InChI is InChI=1S/C30H28FNO4S/c1-3-8-24-17-23(18-26(35-2)28(24)36-20-22-12-14-25(31)15-13-22)19-27-29(33)32(30(34)37-27)16-7-11-21-9-5-4-6-10-21/h3-6,9-10,12-15,17-19H,1,7-8,11,16,20H2,2H3/b27-19+. The van der Waals surface area contributed by atoms with Gasteiger partial charge in [-0.15, -0.1) is 6.58 Å². The lowest BCUT2D eigenvalue weighted by Crippen LogP contribution is -2.29. The monoisotopic (exact) mass is 517 g/mol. The van der Waals surface area contributed by atoms with E-state index in [1.165, 1.54) is 22.6 Å². The van der Waals surface area contributed by atoms with Crippen molar-refractivity contribution in [3.63, 3.8) is 0 Å². The molecule has 1 fully saturated rings. The van der Waals surface area contributed by atoms with Crippen molar-refractivity contribution >= 4 is 29.0 Å². The molecule has 1 heterocycles. The third-order valence-corrected chi connectivity index (χ3v) is 6.80. The predicted octanol–water partition coefficient (Wildman–Crippen LogP) is 6.81. The highest BCUT2D eigenvalue weighted by molar-refractivity contribution is 8.18. The fourth-order valence-electron chi connectivity index (χ4n) is 4.06. The first kappa shape index (κ1) is 26.2. The number of benzene rings is 3. The van der Waals surface area contributed by atoms with Crippen LogP contribution < -0.4 is 9.47 Å². The summed E-state index contributed by atoms with van der Waals surface area (Å²) in [5, 5.41) is -0.262. The van der Waals surface area contributed by atoms with Crippen LogP contribution in [0.15, 0.2) is 84.3 Å². The highest BCUT2D eigenvalue weighted by Crippen LogP contribution is 2.37. The fourth-order valence-corrected chi connectivity index (χ4v) is 4.92. The van der Waals surface area contributed by atoms with Crippen molar-refractivity contribution in [3.8, 4) is 11.5 Å². The van der Waals surface area contributed by atoms with Crippen LogP contribution in [-0.2, 0) is 24.2 Å². The highest BCUT2D eigenvalue weighted by Gasteiger charge is 2.34. The maximum Gasteiger partial charge on any atom is 0.293 e. The Labute approximate surface area is 220 Å². The summed E-state index contributed by atoms with van der Waals surface area (Å²) in [5.41, 5.74) is 3.54. The minimum Gasteiger partial charge on any atom is -0.493 e. The molecule has 1 aliphatic rings. The molecular formula is C30H28FNO4S. The fraction of sp³-hybridized carbons (Fsp3) is 0.200. The van der Waals surface area contributed by atoms with Crippen LogP contribution in [0.5, 0.6) is 11.5 Å². The van der Waals surface area contributed by atoms with E-state index in [1.807, 2.05) is 36.4 Å². The van der Waals surface area contributed by atoms with E-state index in [2.05, 4.69) is 6.58 Å². The van der Waals surface area contributed by atoms with Gasteiger partial charge in [0.25, 0.3) is 11.1 Å². The number of ether oxygens (including phenoxy) is 2. The number of hydrogen-bond donors (Lipinski definition) is 0. The second-order valence-corrected chi connectivity index (χ2v) is 9.54. The molecule has 2 amide bonds. The molecule has 0 aromatic heterocycles. The number of carbonyl (C=O) groups is 2. The number of aryl methyl sites for hydroxylation is 1. The second kappa shape index (κ2) is 12.4. The molecule has 0 saturated carbocycles. The van der Waals surface area contributed by atoms with Gasteiger partial charge in [-0.25, -0.2) is 4.39 Å². The first-order valence-electron chi connectivity index (χ1n) is 12.0. The molecule has 0 unspecified atom stereocenters. The molecule has 0 aliphatic carbocycles. The molecule has 0 radical (unpaired) electrons. The zero-order chi connectivity index (χ0) is 26.2. The van der Waals surface area contributed by atoms with Gasteiger partial charge in [-0.05, 0) is 78.1 Å². The zero-order valence-electron chi connectivity index (χ0n) is 20.6. The molecule has 5 nitrogen and oxygen atoms in total. The van der Waals surface area contributed by atoms with Crippen LogP contribution in [-0.4, -0.2) is 29.7 Å². The van der Waals surface area contributed by atoms with E-state index in [9.17, 15) is 14.0 Å². The maximum absolute atomic E-state index is 13.2. The van der Waals surface area contributed by atoms with Crippen LogP contribution >= 0.6 is 11.8 Å². The molecular weight excluding hydrogens is 489 g/mol. The first-order chi connectivity index (χ1) is 18.0. The lowest BCUT2D eigenvalue weighted by molar-refractivity contribution is -0.122. The molecule has 0 atom stereocenters. The normalized spacial score (nSPS) is 14.3. The molecule has 1 saturated heterocycles. The average Bonchev–Trinajstić information content (AvgIpc) is 3.17. The molecule has 0 bridgehead atoms. The van der Waals surface area contributed by atoms with Crippen molar-refractivity contribution in [1.29, 1.82) is 0 Å². The van der Waals surface area contributed by atoms with E-state index in [4.69, 9.17) is 9.47 Å². The van der Waals surface area contributed by atoms with E-state index < -0.39 is 0 Å². The summed E-state index contributed by atoms with van der Waals surface area (Å²) in [7, 11) is 1.54. The molecule has 190 valence electrons. The second-order valence-electron chi connectivity index (χ2n) is 8.54. The lowest BCUT2D eigenvalue weighted by Gasteiger charge is -2.16. The van der Waals surface area contributed by atoms with Gasteiger partial charge in [-0.3, -0.25) is 14.5 Å². The Hall–Kier alpha value is -3.84. The smallest absolute Gasteiger partial charge is 0.293 e. The van der Waals surface area contributed by atoms with Crippen molar-refractivity contribution in [1.82, 2.24) is 4.90 Å². The highest BCUT2D eigenvalue weighted by atomic mass is 32.2. The molecule has 1 aliphatic heterocycles. The van der Waals surface area contributed by atoms with Gasteiger partial charge in [0.05, 0.1) is 12.0 Å². The predicted molar refractivity (Wildman–Crippen MR) is 145 cm³/mol. The number of hydrogen-bond acceptors (Lipinski definition) is 5. The number of halogens is 1. The number of allylic oxidation sites excluding steroid dienone is 1. The number of methoxy groups -OCH3 is 1. The number of carbonyl (C=O) groups excluding carboxylic acids is 2. The van der Waals surface area contributed by atoms with E-state index in [1.54, 1.807) is 37.5 Å². The number of nitrogens with zero attached hydrogens (tertiary/aromatic N) is 1. The van der Waals surface area contributed by atoms with E-state index in [-0.39, 0.29) is 23.6 Å². The Morgan fingerprint density at radius 2 is 1.78 bits per heavy atom. The molecule has 7 heteroatoms. The Morgan fingerprint density at radius 3 is 2.49 bits per heavy atom. The molecule has 4 rings (SSSR count). The molecule has 3 aromatic carbocycles. The molecule has 3 aromatic rings. The van der Waals surface area contributed by atoms with Gasteiger partial charge >= 0.3 is 0 Å². The summed E-state index contributed by atoms with van der Waals surface area (Å²) in [5.74, 6) is 0.454. The van der Waals surface area contributed by atoms with Crippen molar-refractivity contribution < 1.29 is 23.5 Å². The third-order valence-electron chi connectivity index (χ3n) is 5.90. The third kappa shape index (κ3) is 6.68. The van der Waals surface area contributed by atoms with Crippen molar-refractivity contribution in [2.24, 2.45) is 0 Å². The Morgan fingerprint density at radius 1 is 1.03 bits per heavy atom. The van der Waals surface area contributed by atoms with Gasteiger partial charge in [0.1, 0.15) is 12.4 Å². The summed E-state index contributed by atoms with van der Waals surface area (Å²) in [4.78, 5) is 27.2. The molecule has 0 N–H and O–H groups in total. The number of thioether (sulfide) groups is 1. The zero-order valence-corrected chi connectivity index (χ0v) is 21.4. The quantitative estimate of drug-likeness (QED) is 0.207. The first-order valence-corrected chi connectivity index (χ1v) is 12.8. The summed E-state index contributed by atoms with van der Waals surface area (Å²) in [6.07, 6.45) is 5.47. The van der Waals surface area contributed by atoms with Gasteiger partial charge in [0.2, 0.25) is 0 Å². The molecule has 37 heavy (non-hydrogen) atoms. The van der Waals surface area contributed by atoms with Gasteiger partial charge < -0.3 is 9.47 Å². The number of amides is 2. The van der Waals surface area contributed by atoms with Crippen molar-refractivity contribution in [2.75, 3.05) is 13.7 Å². The van der Waals surface area contributed by atoms with Gasteiger partial charge in [0.15, 0.2) is 11.5 Å². The van der Waals surface area contributed by atoms with Gasteiger partial charge in [0, 0.05) is 12.1 Å². The summed E-state index contributed by atoms with van der Waals surface area (Å²) in [6.45, 7) is 4.44. The largest absolute Gasteiger partial charge is 0.493 e. The Kier molecular flexibility index (Phi) is 8.80. The van der Waals surface area contributed by atoms with E-state index in [0.717, 1.165) is 34.9 Å². The van der Waals surface area contributed by atoms with Crippen molar-refractivity contribution in [2.45, 2.75) is 25.9 Å². The van der Waals surface area contributed by atoms with E-state index >= 15 is 0 Å². The average molecular weight is 518 g/mol.